The van der Waals surface area contributed by atoms with Crippen LogP contribution in [0.25, 0.3) is 0 Å². The molecule has 2 saturated heterocycles. The normalized spacial score (nSPS) is 31.2. The average Bonchev–Trinajstić information content (AvgIpc) is 2.56. The standard InChI is InChI=1S/C12H22N2O2/c1-12(6-9-16-10-12)13-11(15)14-7-4-2-3-5-8-14/h2-10H2,1H3,(H,13,15). The van der Waals surface area contributed by atoms with Gasteiger partial charge in [-0.15, -0.1) is 0 Å². The minimum absolute atomic E-state index is 0.0925. The number of nitrogens with zero attached hydrogens (tertiary/aromatic N) is 1. The largest absolute Gasteiger partial charge is 0.379 e. The Morgan fingerprint density at radius 2 is 1.94 bits per heavy atom. The van der Waals surface area contributed by atoms with Gasteiger partial charge in [-0.25, -0.2) is 4.79 Å². The quantitative estimate of drug-likeness (QED) is 0.740. The van der Waals surface area contributed by atoms with Gasteiger partial charge in [-0.3, -0.25) is 0 Å². The SMILES string of the molecule is CC1(NC(=O)N2CCCCCC2)CCOC1. The minimum atomic E-state index is -0.149. The van der Waals surface area contributed by atoms with Crippen LogP contribution in [0.1, 0.15) is 39.0 Å². The van der Waals surface area contributed by atoms with E-state index in [0.29, 0.717) is 6.61 Å². The molecule has 2 fully saturated rings. The average molecular weight is 226 g/mol. The second kappa shape index (κ2) is 5.04. The van der Waals surface area contributed by atoms with Crippen molar-refractivity contribution in [2.24, 2.45) is 0 Å². The van der Waals surface area contributed by atoms with Crippen LogP contribution >= 0.6 is 0 Å². The van der Waals surface area contributed by atoms with E-state index >= 15 is 0 Å². The van der Waals surface area contributed by atoms with Crippen LogP contribution in [-0.2, 0) is 4.74 Å². The van der Waals surface area contributed by atoms with Gasteiger partial charge in [0.15, 0.2) is 0 Å². The van der Waals surface area contributed by atoms with Gasteiger partial charge in [-0.1, -0.05) is 12.8 Å². The second-order valence-electron chi connectivity index (χ2n) is 5.19. The van der Waals surface area contributed by atoms with Gasteiger partial charge in [-0.05, 0) is 26.2 Å². The Morgan fingerprint density at radius 3 is 2.50 bits per heavy atom. The number of hydrogen-bond acceptors (Lipinski definition) is 2. The number of urea groups is 1. The lowest BCUT2D eigenvalue weighted by atomic mass is 10.0. The van der Waals surface area contributed by atoms with Gasteiger partial charge in [0.25, 0.3) is 0 Å². The first kappa shape index (κ1) is 11.7. The molecule has 0 spiro atoms. The number of carbonyl (C=O) groups excluding carboxylic acids is 1. The lowest BCUT2D eigenvalue weighted by Gasteiger charge is -2.29. The van der Waals surface area contributed by atoms with Crippen LogP contribution in [0.3, 0.4) is 0 Å². The third-order valence-electron chi connectivity index (χ3n) is 3.52. The summed E-state index contributed by atoms with van der Waals surface area (Å²) < 4.78 is 5.34. The first-order chi connectivity index (χ1) is 7.70. The Balaban J connectivity index is 1.86. The fraction of sp³-hybridized carbons (Fsp3) is 0.917. The molecule has 1 unspecified atom stereocenters. The van der Waals surface area contributed by atoms with Gasteiger partial charge in [0.2, 0.25) is 0 Å². The van der Waals surface area contributed by atoms with Crippen molar-refractivity contribution in [2.45, 2.75) is 44.6 Å². The molecule has 1 N–H and O–H groups in total. The van der Waals surface area contributed by atoms with E-state index in [9.17, 15) is 4.79 Å². The molecule has 0 aliphatic carbocycles. The molecule has 4 nitrogen and oxygen atoms in total. The highest BCUT2D eigenvalue weighted by Crippen LogP contribution is 2.18. The van der Waals surface area contributed by atoms with Gasteiger partial charge in [0.05, 0.1) is 12.1 Å². The van der Waals surface area contributed by atoms with E-state index in [1.165, 1.54) is 12.8 Å². The van der Waals surface area contributed by atoms with Crippen LogP contribution in [0.2, 0.25) is 0 Å². The molecule has 0 saturated carbocycles. The van der Waals surface area contributed by atoms with Crippen molar-refractivity contribution < 1.29 is 9.53 Å². The fourth-order valence-corrected chi connectivity index (χ4v) is 2.38. The fourth-order valence-electron chi connectivity index (χ4n) is 2.38. The van der Waals surface area contributed by atoms with E-state index in [0.717, 1.165) is 39.0 Å². The number of rotatable bonds is 1. The van der Waals surface area contributed by atoms with E-state index in [-0.39, 0.29) is 11.6 Å². The highest BCUT2D eigenvalue weighted by atomic mass is 16.5. The van der Waals surface area contributed by atoms with Gasteiger partial charge < -0.3 is 15.0 Å². The predicted octanol–water partition coefficient (Wildman–Crippen LogP) is 1.75. The molecule has 1 atom stereocenters. The summed E-state index contributed by atoms with van der Waals surface area (Å²) in [6, 6.07) is 0.0925. The topological polar surface area (TPSA) is 41.6 Å². The van der Waals surface area contributed by atoms with Crippen molar-refractivity contribution in [3.63, 3.8) is 0 Å². The molecule has 0 aromatic heterocycles. The predicted molar refractivity (Wildman–Crippen MR) is 62.4 cm³/mol. The molecule has 0 bridgehead atoms. The summed E-state index contributed by atoms with van der Waals surface area (Å²) in [5, 5.41) is 3.11. The monoisotopic (exact) mass is 226 g/mol. The zero-order valence-corrected chi connectivity index (χ0v) is 10.1. The first-order valence-corrected chi connectivity index (χ1v) is 6.34. The van der Waals surface area contributed by atoms with E-state index in [4.69, 9.17) is 4.74 Å². The van der Waals surface area contributed by atoms with Crippen molar-refractivity contribution in [1.82, 2.24) is 10.2 Å². The van der Waals surface area contributed by atoms with Crippen molar-refractivity contribution in [3.05, 3.63) is 0 Å². The van der Waals surface area contributed by atoms with Crippen molar-refractivity contribution in [2.75, 3.05) is 26.3 Å². The molecule has 4 heteroatoms. The lowest BCUT2D eigenvalue weighted by molar-refractivity contribution is 0.159. The highest BCUT2D eigenvalue weighted by molar-refractivity contribution is 5.75. The minimum Gasteiger partial charge on any atom is -0.379 e. The molecule has 0 radical (unpaired) electrons. The highest BCUT2D eigenvalue weighted by Gasteiger charge is 2.32. The molecule has 2 heterocycles. The maximum Gasteiger partial charge on any atom is 0.317 e. The molecule has 2 aliphatic rings. The number of amides is 2. The van der Waals surface area contributed by atoms with Gasteiger partial charge in [0, 0.05) is 19.7 Å². The Morgan fingerprint density at radius 1 is 1.25 bits per heavy atom. The van der Waals surface area contributed by atoms with Crippen molar-refractivity contribution in [1.29, 1.82) is 0 Å². The molecule has 0 aromatic rings. The molecule has 92 valence electrons. The van der Waals surface area contributed by atoms with Crippen LogP contribution in [0, 0.1) is 0 Å². The van der Waals surface area contributed by atoms with E-state index in [1.54, 1.807) is 0 Å². The van der Waals surface area contributed by atoms with E-state index in [1.807, 2.05) is 4.90 Å². The zero-order valence-electron chi connectivity index (χ0n) is 10.1. The summed E-state index contributed by atoms with van der Waals surface area (Å²) in [7, 11) is 0. The van der Waals surface area contributed by atoms with Gasteiger partial charge >= 0.3 is 6.03 Å². The molecule has 2 rings (SSSR count). The van der Waals surface area contributed by atoms with Crippen LogP contribution in [0.5, 0.6) is 0 Å². The Kier molecular flexibility index (Phi) is 3.69. The summed E-state index contributed by atoms with van der Waals surface area (Å²) in [5.74, 6) is 0. The van der Waals surface area contributed by atoms with Crippen LogP contribution in [0.4, 0.5) is 4.79 Å². The van der Waals surface area contributed by atoms with Gasteiger partial charge in [-0.2, -0.15) is 0 Å². The van der Waals surface area contributed by atoms with Crippen molar-refractivity contribution in [3.8, 4) is 0 Å². The van der Waals surface area contributed by atoms with Gasteiger partial charge in [0.1, 0.15) is 0 Å². The van der Waals surface area contributed by atoms with E-state index < -0.39 is 0 Å². The lowest BCUT2D eigenvalue weighted by Crippen LogP contribution is -2.52. The number of likely N-dealkylation sites (tertiary alicyclic amines) is 1. The summed E-state index contributed by atoms with van der Waals surface area (Å²) in [5.41, 5.74) is -0.149. The molecular formula is C12H22N2O2. The first-order valence-electron chi connectivity index (χ1n) is 6.34. The second-order valence-corrected chi connectivity index (χ2v) is 5.19. The number of hydrogen-bond donors (Lipinski definition) is 1. The smallest absolute Gasteiger partial charge is 0.317 e. The molecule has 2 amide bonds. The van der Waals surface area contributed by atoms with Crippen LogP contribution in [-0.4, -0.2) is 42.8 Å². The third kappa shape index (κ3) is 2.88. The van der Waals surface area contributed by atoms with Crippen molar-refractivity contribution >= 4 is 6.03 Å². The zero-order chi connectivity index (χ0) is 11.4. The summed E-state index contributed by atoms with van der Waals surface area (Å²) in [6.07, 6.45) is 5.71. The molecule has 0 aromatic carbocycles. The van der Waals surface area contributed by atoms with Crippen LogP contribution < -0.4 is 5.32 Å². The third-order valence-corrected chi connectivity index (χ3v) is 3.52. The summed E-state index contributed by atoms with van der Waals surface area (Å²) in [4.78, 5) is 14.0. The maximum atomic E-state index is 12.1. The number of carbonyl (C=O) groups is 1. The maximum absolute atomic E-state index is 12.1. The number of nitrogens with one attached hydrogen (secondary N) is 1. The molecular weight excluding hydrogens is 204 g/mol. The summed E-state index contributed by atoms with van der Waals surface area (Å²) >= 11 is 0. The van der Waals surface area contributed by atoms with Crippen LogP contribution in [0.15, 0.2) is 0 Å². The Labute approximate surface area is 97.3 Å². The van der Waals surface area contributed by atoms with E-state index in [2.05, 4.69) is 12.2 Å². The summed E-state index contributed by atoms with van der Waals surface area (Å²) in [6.45, 7) is 5.28. The number of ether oxygens (including phenoxy) is 1. The Bertz CT molecular complexity index is 241. The molecule has 2 aliphatic heterocycles. The Hall–Kier alpha value is -0.770. The molecule has 16 heavy (non-hydrogen) atoms.